The van der Waals surface area contributed by atoms with Crippen LogP contribution in [0.3, 0.4) is 0 Å². The number of thioether (sulfide) groups is 1. The third kappa shape index (κ3) is 6.48. The van der Waals surface area contributed by atoms with Crippen molar-refractivity contribution in [2.45, 2.75) is 38.5 Å². The molecule has 11 heteroatoms. The number of carbonyl (C=O) groups excluding carboxylic acids is 1. The maximum absolute atomic E-state index is 13.0. The largest absolute Gasteiger partial charge is 0.497 e. The zero-order chi connectivity index (χ0) is 30.1. The van der Waals surface area contributed by atoms with Crippen LogP contribution in [-0.4, -0.2) is 50.5 Å². The predicted molar refractivity (Wildman–Crippen MR) is 175 cm³/mol. The summed E-state index contributed by atoms with van der Waals surface area (Å²) in [6.45, 7) is 10.1. The molecule has 1 atom stereocenters. The van der Waals surface area contributed by atoms with Gasteiger partial charge in [0.25, 0.3) is 5.91 Å². The number of ether oxygens (including phenoxy) is 2. The van der Waals surface area contributed by atoms with Gasteiger partial charge in [0.15, 0.2) is 5.16 Å². The van der Waals surface area contributed by atoms with Gasteiger partial charge in [0.05, 0.1) is 23.0 Å². The van der Waals surface area contributed by atoms with Crippen molar-refractivity contribution in [1.82, 2.24) is 24.4 Å². The van der Waals surface area contributed by atoms with E-state index in [4.69, 9.17) is 24.4 Å². The second-order valence-corrected chi connectivity index (χ2v) is 13.9. The number of nitrogens with zero attached hydrogens (tertiary/aromatic N) is 5. The van der Waals surface area contributed by atoms with Crippen LogP contribution >= 0.6 is 34.4 Å². The molecule has 1 fully saturated rings. The minimum Gasteiger partial charge on any atom is -0.497 e. The van der Waals surface area contributed by atoms with Crippen LogP contribution < -0.4 is 9.47 Å². The van der Waals surface area contributed by atoms with Crippen molar-refractivity contribution in [3.8, 4) is 32.8 Å². The summed E-state index contributed by atoms with van der Waals surface area (Å²) in [5.41, 5.74) is 4.13. The third-order valence-electron chi connectivity index (χ3n) is 7.23. The van der Waals surface area contributed by atoms with Crippen molar-refractivity contribution >= 4 is 50.6 Å². The number of rotatable bonds is 9. The fourth-order valence-electron chi connectivity index (χ4n) is 5.08. The van der Waals surface area contributed by atoms with Gasteiger partial charge < -0.3 is 18.9 Å². The molecule has 5 aromatic rings. The lowest BCUT2D eigenvalue weighted by atomic mass is 9.99. The number of methoxy groups -OCH3 is 1. The topological polar surface area (TPSA) is 82.4 Å². The summed E-state index contributed by atoms with van der Waals surface area (Å²) in [6.07, 6.45) is 4.24. The minimum atomic E-state index is 0.108. The highest BCUT2D eigenvalue weighted by molar-refractivity contribution is 8.02. The number of likely N-dealkylation sites (tertiary alicyclic amines) is 1. The molecule has 1 saturated heterocycles. The fourth-order valence-corrected chi connectivity index (χ4v) is 7.52. The maximum atomic E-state index is 13.0. The smallest absolute Gasteiger partial charge is 0.253 e. The van der Waals surface area contributed by atoms with Crippen LogP contribution in [0.2, 0.25) is 0 Å². The zero-order valence-electron chi connectivity index (χ0n) is 24.6. The van der Waals surface area contributed by atoms with Crippen molar-refractivity contribution in [2.24, 2.45) is 13.0 Å². The van der Waals surface area contributed by atoms with Gasteiger partial charge in [-0.3, -0.25) is 4.79 Å². The number of thiazole rings is 2. The highest BCUT2D eigenvalue weighted by atomic mass is 32.2. The van der Waals surface area contributed by atoms with E-state index in [2.05, 4.69) is 13.5 Å². The van der Waals surface area contributed by atoms with Crippen LogP contribution in [0.5, 0.6) is 11.5 Å². The van der Waals surface area contributed by atoms with Gasteiger partial charge in [0.2, 0.25) is 0 Å². The number of fused-ring (bicyclic) bond motifs is 1. The van der Waals surface area contributed by atoms with Crippen molar-refractivity contribution in [2.75, 3.05) is 20.2 Å². The molecule has 222 valence electrons. The Morgan fingerprint density at radius 1 is 1.16 bits per heavy atom. The number of allylic oxidation sites excluding steroid dienone is 1. The molecule has 6 rings (SSSR count). The third-order valence-corrected chi connectivity index (χ3v) is 10.2. The minimum absolute atomic E-state index is 0.108. The predicted octanol–water partition coefficient (Wildman–Crippen LogP) is 7.91. The molecule has 0 saturated carbocycles. The molecule has 2 aromatic carbocycles. The molecule has 3 aromatic heterocycles. The normalized spacial score (nSPS) is 15.2. The molecule has 1 aliphatic rings. The molecule has 0 bridgehead atoms. The molecule has 43 heavy (non-hydrogen) atoms. The van der Waals surface area contributed by atoms with Gasteiger partial charge in [0.1, 0.15) is 33.8 Å². The van der Waals surface area contributed by atoms with Crippen LogP contribution in [-0.2, 0) is 13.7 Å². The van der Waals surface area contributed by atoms with Crippen LogP contribution in [0.15, 0.2) is 64.6 Å². The summed E-state index contributed by atoms with van der Waals surface area (Å²) < 4.78 is 14.7. The van der Waals surface area contributed by atoms with E-state index in [1.807, 2.05) is 71.4 Å². The Morgan fingerprint density at radius 3 is 2.72 bits per heavy atom. The Labute approximate surface area is 263 Å². The summed E-state index contributed by atoms with van der Waals surface area (Å²) in [4.78, 5) is 30.3. The highest BCUT2D eigenvalue weighted by Gasteiger charge is 2.22. The summed E-state index contributed by atoms with van der Waals surface area (Å²) in [7, 11) is 3.61. The molecular weight excluding hydrogens is 599 g/mol. The number of amides is 1. The van der Waals surface area contributed by atoms with Gasteiger partial charge in [-0.25, -0.2) is 15.0 Å². The van der Waals surface area contributed by atoms with Crippen LogP contribution in [0.25, 0.3) is 31.5 Å². The first kappa shape index (κ1) is 29.4. The molecule has 0 unspecified atom stereocenters. The summed E-state index contributed by atoms with van der Waals surface area (Å²) in [5.74, 6) is 2.03. The van der Waals surface area contributed by atoms with Crippen LogP contribution in [0.4, 0.5) is 0 Å². The monoisotopic (exact) mass is 631 g/mol. The molecule has 0 spiro atoms. The SMILES string of the molecule is C=C(C)Sc1nc(-c2nc3cc(OC)cc(OCc4csc(-c5ccc(C(=O)N6CCC[C@H](C)C6)cc5)n4)c3s2)cn1C. The summed E-state index contributed by atoms with van der Waals surface area (Å²) >= 11 is 4.64. The van der Waals surface area contributed by atoms with E-state index in [-0.39, 0.29) is 5.91 Å². The average Bonchev–Trinajstić information content (AvgIpc) is 3.74. The highest BCUT2D eigenvalue weighted by Crippen LogP contribution is 2.40. The zero-order valence-corrected chi connectivity index (χ0v) is 27.1. The average molecular weight is 632 g/mol. The molecular formula is C32H33N5O3S3. The first-order valence-corrected chi connectivity index (χ1v) is 16.6. The van der Waals surface area contributed by atoms with E-state index in [0.717, 1.165) is 72.3 Å². The molecule has 0 radical (unpaired) electrons. The first-order chi connectivity index (χ1) is 20.8. The first-order valence-electron chi connectivity index (χ1n) is 14.1. The van der Waals surface area contributed by atoms with Crippen LogP contribution in [0.1, 0.15) is 42.7 Å². The second-order valence-electron chi connectivity index (χ2n) is 10.8. The maximum Gasteiger partial charge on any atom is 0.253 e. The Balaban J connectivity index is 1.17. The lowest BCUT2D eigenvalue weighted by Gasteiger charge is -2.31. The van der Waals surface area contributed by atoms with E-state index >= 15 is 0 Å². The van der Waals surface area contributed by atoms with Gasteiger partial charge in [-0.05, 0) is 42.7 Å². The number of imidazole rings is 1. The quantitative estimate of drug-likeness (QED) is 0.153. The number of hydrogen-bond donors (Lipinski definition) is 0. The van der Waals surface area contributed by atoms with E-state index in [1.54, 1.807) is 29.8 Å². The fraction of sp³-hybridized carbons (Fsp3) is 0.312. The number of aryl methyl sites for hydroxylation is 1. The Kier molecular flexibility index (Phi) is 8.56. The van der Waals surface area contributed by atoms with Gasteiger partial charge in [-0.2, -0.15) is 0 Å². The number of hydrogen-bond acceptors (Lipinski definition) is 9. The standard InChI is InChI=1S/C32H33N5O3S3/c1-19(2)42-32-35-26(16-36(32)4)30-34-25-13-24(39-5)14-27(28(25)43-30)40-17-23-18-41-29(33-23)21-8-10-22(11-9-21)31(38)37-12-6-7-20(3)15-37/h8-11,13-14,16,18,20H,1,6-7,12,15,17H2,2-5H3/t20-/m0/s1. The van der Waals surface area contributed by atoms with Gasteiger partial charge >= 0.3 is 0 Å². The lowest BCUT2D eigenvalue weighted by Crippen LogP contribution is -2.39. The number of aromatic nitrogens is 4. The molecule has 4 heterocycles. The Hall–Kier alpha value is -3.67. The van der Waals surface area contributed by atoms with Crippen molar-refractivity contribution in [3.05, 3.63) is 70.7 Å². The van der Waals surface area contributed by atoms with E-state index in [9.17, 15) is 4.79 Å². The van der Waals surface area contributed by atoms with Crippen molar-refractivity contribution in [1.29, 1.82) is 0 Å². The Bertz CT molecular complexity index is 1790. The van der Waals surface area contributed by atoms with Crippen molar-refractivity contribution < 1.29 is 14.3 Å². The number of benzene rings is 2. The molecule has 0 N–H and O–H groups in total. The van der Waals surface area contributed by atoms with E-state index in [0.29, 0.717) is 24.0 Å². The molecule has 1 amide bonds. The van der Waals surface area contributed by atoms with E-state index < -0.39 is 0 Å². The van der Waals surface area contributed by atoms with Crippen molar-refractivity contribution in [3.63, 3.8) is 0 Å². The number of piperidine rings is 1. The Morgan fingerprint density at radius 2 is 1.98 bits per heavy atom. The summed E-state index contributed by atoms with van der Waals surface area (Å²) in [5, 5.41) is 4.57. The molecule has 8 nitrogen and oxygen atoms in total. The lowest BCUT2D eigenvalue weighted by molar-refractivity contribution is 0.0683. The molecule has 1 aliphatic heterocycles. The van der Waals surface area contributed by atoms with Gasteiger partial charge in [-0.15, -0.1) is 22.7 Å². The van der Waals surface area contributed by atoms with Crippen LogP contribution in [0, 0.1) is 5.92 Å². The number of carbonyl (C=O) groups is 1. The second kappa shape index (κ2) is 12.5. The summed E-state index contributed by atoms with van der Waals surface area (Å²) in [6, 6.07) is 11.6. The van der Waals surface area contributed by atoms with Gasteiger partial charge in [-0.1, -0.05) is 37.4 Å². The van der Waals surface area contributed by atoms with Gasteiger partial charge in [0, 0.05) is 55.0 Å². The molecule has 0 aliphatic carbocycles. The van der Waals surface area contributed by atoms with E-state index in [1.165, 1.54) is 18.2 Å².